The van der Waals surface area contributed by atoms with Crippen molar-refractivity contribution in [1.82, 2.24) is 0 Å². The summed E-state index contributed by atoms with van der Waals surface area (Å²) in [6.07, 6.45) is -2.77. The van der Waals surface area contributed by atoms with Gasteiger partial charge >= 0.3 is 6.18 Å². The van der Waals surface area contributed by atoms with Gasteiger partial charge in [0.2, 0.25) is 0 Å². The van der Waals surface area contributed by atoms with Gasteiger partial charge in [0.1, 0.15) is 42.6 Å². The fourth-order valence-corrected chi connectivity index (χ4v) is 2.43. The zero-order chi connectivity index (χ0) is 18.9. The van der Waals surface area contributed by atoms with Crippen LogP contribution in [0, 0.1) is 5.82 Å². The Kier molecular flexibility index (Phi) is 4.58. The largest absolute Gasteiger partial charge is 0.507 e. The molecule has 1 N–H and O–H groups in total. The van der Waals surface area contributed by atoms with Crippen LogP contribution in [0.3, 0.4) is 0 Å². The number of alkyl halides is 3. The van der Waals surface area contributed by atoms with Gasteiger partial charge in [-0.2, -0.15) is 13.2 Å². The number of aromatic hydroxyl groups is 1. The van der Waals surface area contributed by atoms with Crippen molar-refractivity contribution >= 4 is 12.4 Å². The van der Waals surface area contributed by atoms with E-state index in [1.807, 2.05) is 0 Å². The predicted molar refractivity (Wildman–Crippen MR) is 83.4 cm³/mol. The second-order valence-electron chi connectivity index (χ2n) is 5.58. The summed E-state index contributed by atoms with van der Waals surface area (Å²) in [5.74, 6) is -1.33. The zero-order valence-corrected chi connectivity index (χ0v) is 13.1. The van der Waals surface area contributed by atoms with Crippen molar-refractivity contribution in [2.45, 2.75) is 12.8 Å². The van der Waals surface area contributed by atoms with Crippen molar-refractivity contribution in [3.05, 3.63) is 58.4 Å². The van der Waals surface area contributed by atoms with Gasteiger partial charge in [0.15, 0.2) is 0 Å². The second-order valence-corrected chi connectivity index (χ2v) is 5.58. The van der Waals surface area contributed by atoms with Gasteiger partial charge in [-0.25, -0.2) is 4.39 Å². The van der Waals surface area contributed by atoms with Gasteiger partial charge < -0.3 is 14.6 Å². The number of phenolic OH excluding ortho intramolecular Hbond substituents is 1. The minimum atomic E-state index is -4.70. The highest BCUT2D eigenvalue weighted by Gasteiger charge is 2.34. The van der Waals surface area contributed by atoms with E-state index in [1.54, 1.807) is 0 Å². The summed E-state index contributed by atoms with van der Waals surface area (Å²) >= 11 is 0. The number of carbonyl (C=O) groups is 1. The van der Waals surface area contributed by atoms with Gasteiger partial charge in [0.05, 0.1) is 11.1 Å². The predicted octanol–water partition coefficient (Wildman–Crippen LogP) is 4.10. The van der Waals surface area contributed by atoms with Crippen LogP contribution in [0.15, 0.2) is 35.9 Å². The Bertz CT molecular complexity index is 887. The van der Waals surface area contributed by atoms with E-state index in [0.29, 0.717) is 6.29 Å². The molecular weight excluding hydrogens is 356 g/mol. The van der Waals surface area contributed by atoms with Crippen molar-refractivity contribution in [3.63, 3.8) is 0 Å². The number of ether oxygens (including phenoxy) is 2. The van der Waals surface area contributed by atoms with Crippen molar-refractivity contribution in [2.24, 2.45) is 0 Å². The Morgan fingerprint density at radius 3 is 2.69 bits per heavy atom. The Morgan fingerprint density at radius 2 is 2.00 bits per heavy atom. The lowest BCUT2D eigenvalue weighted by atomic mass is 10.1. The number of fused-ring (bicyclic) bond motifs is 1. The number of halogens is 4. The average molecular weight is 368 g/mol. The lowest BCUT2D eigenvalue weighted by Crippen LogP contribution is -2.10. The van der Waals surface area contributed by atoms with E-state index in [9.17, 15) is 27.5 Å². The fourth-order valence-electron chi connectivity index (χ4n) is 2.43. The molecule has 2 aromatic rings. The third-order valence-corrected chi connectivity index (χ3v) is 3.71. The highest BCUT2D eigenvalue weighted by molar-refractivity contribution is 5.84. The van der Waals surface area contributed by atoms with Crippen molar-refractivity contribution in [3.8, 4) is 17.2 Å². The lowest BCUT2D eigenvalue weighted by molar-refractivity contribution is -0.138. The third-order valence-electron chi connectivity index (χ3n) is 3.71. The second kappa shape index (κ2) is 6.70. The van der Waals surface area contributed by atoms with Gasteiger partial charge in [-0.05, 0) is 23.8 Å². The van der Waals surface area contributed by atoms with Crippen LogP contribution in [-0.4, -0.2) is 18.0 Å². The molecule has 1 heterocycles. The van der Waals surface area contributed by atoms with Gasteiger partial charge in [0, 0.05) is 17.7 Å². The lowest BCUT2D eigenvalue weighted by Gasteiger charge is -2.17. The monoisotopic (exact) mass is 368 g/mol. The van der Waals surface area contributed by atoms with Crippen LogP contribution in [0.4, 0.5) is 17.6 Å². The van der Waals surface area contributed by atoms with E-state index in [1.165, 1.54) is 18.2 Å². The molecule has 136 valence electrons. The summed E-state index contributed by atoms with van der Waals surface area (Å²) in [5.41, 5.74) is -0.633. The van der Waals surface area contributed by atoms with Crippen LogP contribution in [0.5, 0.6) is 17.2 Å². The first-order valence-electron chi connectivity index (χ1n) is 7.42. The van der Waals surface area contributed by atoms with Crippen LogP contribution >= 0.6 is 0 Å². The smallest absolute Gasteiger partial charge is 0.419 e. The Morgan fingerprint density at radius 1 is 1.23 bits per heavy atom. The number of aldehydes is 1. The van der Waals surface area contributed by atoms with Gasteiger partial charge in [-0.1, -0.05) is 6.07 Å². The number of hydrogen-bond acceptors (Lipinski definition) is 4. The molecule has 0 bridgehead atoms. The molecule has 0 aliphatic carbocycles. The van der Waals surface area contributed by atoms with Gasteiger partial charge in [-0.15, -0.1) is 0 Å². The number of hydrogen-bond donors (Lipinski definition) is 1. The summed E-state index contributed by atoms with van der Waals surface area (Å²) in [5, 5.41) is 9.31. The molecule has 0 fully saturated rings. The molecule has 1 aliphatic rings. The average Bonchev–Trinajstić information content (AvgIpc) is 2.60. The maximum absolute atomic E-state index is 14.1. The Labute approximate surface area is 145 Å². The molecule has 3 rings (SSSR count). The van der Waals surface area contributed by atoms with Crippen LogP contribution in [-0.2, 0) is 17.6 Å². The molecule has 0 amide bonds. The molecule has 26 heavy (non-hydrogen) atoms. The topological polar surface area (TPSA) is 55.8 Å². The quantitative estimate of drug-likeness (QED) is 0.652. The van der Waals surface area contributed by atoms with E-state index in [2.05, 4.69) is 0 Å². The van der Waals surface area contributed by atoms with Crippen LogP contribution in [0.1, 0.15) is 16.7 Å². The van der Waals surface area contributed by atoms with E-state index in [4.69, 9.17) is 9.47 Å². The summed E-state index contributed by atoms with van der Waals surface area (Å²) in [6, 6.07) is 5.40. The molecule has 0 atom stereocenters. The minimum absolute atomic E-state index is 0.00764. The van der Waals surface area contributed by atoms with Crippen LogP contribution in [0.2, 0.25) is 0 Å². The van der Waals surface area contributed by atoms with Crippen molar-refractivity contribution in [2.75, 3.05) is 6.61 Å². The van der Waals surface area contributed by atoms with Crippen LogP contribution in [0.25, 0.3) is 6.08 Å². The normalized spacial score (nSPS) is 13.5. The van der Waals surface area contributed by atoms with Crippen LogP contribution < -0.4 is 9.47 Å². The summed E-state index contributed by atoms with van der Waals surface area (Å²) in [4.78, 5) is 10.7. The first kappa shape index (κ1) is 17.8. The number of rotatable bonds is 4. The first-order valence-corrected chi connectivity index (χ1v) is 7.42. The van der Waals surface area contributed by atoms with E-state index in [0.717, 1.165) is 18.2 Å². The minimum Gasteiger partial charge on any atom is -0.507 e. The molecular formula is C18H12F4O4. The van der Waals surface area contributed by atoms with E-state index >= 15 is 0 Å². The Balaban J connectivity index is 1.80. The summed E-state index contributed by atoms with van der Waals surface area (Å²) in [7, 11) is 0. The third kappa shape index (κ3) is 3.63. The molecule has 0 spiro atoms. The maximum atomic E-state index is 14.1. The fraction of sp³-hybridized carbons (Fsp3) is 0.167. The zero-order valence-electron chi connectivity index (χ0n) is 13.1. The number of benzene rings is 2. The highest BCUT2D eigenvalue weighted by Crippen LogP contribution is 2.37. The molecule has 2 aromatic carbocycles. The Hall–Kier alpha value is -3.03. The molecule has 0 saturated heterocycles. The molecule has 0 radical (unpaired) electrons. The van der Waals surface area contributed by atoms with Crippen molar-refractivity contribution < 1.29 is 36.9 Å². The first-order chi connectivity index (χ1) is 12.3. The molecule has 4 nitrogen and oxygen atoms in total. The standard InChI is InChI=1S/C18H12F4O4/c19-15-5-12(6-17-13(15)3-11(7-23)9-26-17)25-8-10-1-2-16(24)14(4-10)18(20,21)22/h1-7,24H,8-9H2. The van der Waals surface area contributed by atoms with Gasteiger partial charge in [0.25, 0.3) is 0 Å². The maximum Gasteiger partial charge on any atom is 0.419 e. The van der Waals surface area contributed by atoms with Gasteiger partial charge in [-0.3, -0.25) is 4.79 Å². The molecule has 1 aliphatic heterocycles. The molecule has 0 aromatic heterocycles. The summed E-state index contributed by atoms with van der Waals surface area (Å²) < 4.78 is 63.1. The molecule has 0 saturated carbocycles. The number of phenols is 1. The van der Waals surface area contributed by atoms with Crippen molar-refractivity contribution in [1.29, 1.82) is 0 Å². The van der Waals surface area contributed by atoms with E-state index < -0.39 is 23.3 Å². The summed E-state index contributed by atoms with van der Waals surface area (Å²) in [6.45, 7) is -0.274. The molecule has 8 heteroatoms. The SMILES string of the molecule is O=CC1=Cc2c(F)cc(OCc3ccc(O)c(C(F)(F)F)c3)cc2OC1. The highest BCUT2D eigenvalue weighted by atomic mass is 19.4. The number of carbonyl (C=O) groups excluding carboxylic acids is 1. The van der Waals surface area contributed by atoms with E-state index in [-0.39, 0.29) is 41.4 Å². The molecule has 0 unspecified atom stereocenters.